The van der Waals surface area contributed by atoms with E-state index in [-0.39, 0.29) is 24.9 Å². The summed E-state index contributed by atoms with van der Waals surface area (Å²) in [6, 6.07) is 22.2. The molecule has 208 valence electrons. The monoisotopic (exact) mass is 633 g/mol. The summed E-state index contributed by atoms with van der Waals surface area (Å²) in [5.41, 5.74) is 1.93. The van der Waals surface area contributed by atoms with Crippen LogP contribution in [0, 0.1) is 0 Å². The first-order valence-electron chi connectivity index (χ1n) is 12.6. The van der Waals surface area contributed by atoms with Gasteiger partial charge in [-0.3, -0.25) is 13.9 Å². The van der Waals surface area contributed by atoms with E-state index < -0.39 is 28.5 Å². The summed E-state index contributed by atoms with van der Waals surface area (Å²) >= 11 is 9.60. The van der Waals surface area contributed by atoms with Gasteiger partial charge in [-0.15, -0.1) is 0 Å². The Balaban J connectivity index is 2.06. The Kier molecular flexibility index (Phi) is 11.0. The van der Waals surface area contributed by atoms with Crippen molar-refractivity contribution >= 4 is 55.1 Å². The number of nitrogens with one attached hydrogen (secondary N) is 1. The molecule has 0 aliphatic rings. The van der Waals surface area contributed by atoms with Crippen molar-refractivity contribution in [2.24, 2.45) is 0 Å². The van der Waals surface area contributed by atoms with Crippen LogP contribution in [0.5, 0.6) is 0 Å². The molecular weight excluding hydrogens is 602 g/mol. The van der Waals surface area contributed by atoms with Crippen LogP contribution >= 0.6 is 27.5 Å². The van der Waals surface area contributed by atoms with E-state index in [2.05, 4.69) is 21.2 Å². The van der Waals surface area contributed by atoms with Crippen molar-refractivity contribution in [2.75, 3.05) is 17.1 Å². The molecule has 10 heteroatoms. The molecule has 7 nitrogen and oxygen atoms in total. The molecule has 2 atom stereocenters. The Hall–Kier alpha value is -2.88. The van der Waals surface area contributed by atoms with E-state index in [4.69, 9.17) is 11.6 Å². The fraction of sp³-hybridized carbons (Fsp3) is 0.310. The number of carbonyl (C=O) groups is 2. The van der Waals surface area contributed by atoms with Gasteiger partial charge in [0.15, 0.2) is 0 Å². The molecule has 0 unspecified atom stereocenters. The van der Waals surface area contributed by atoms with Crippen LogP contribution in [0.1, 0.15) is 31.4 Å². The number of hydrogen-bond donors (Lipinski definition) is 1. The molecule has 0 saturated carbocycles. The van der Waals surface area contributed by atoms with E-state index in [1.54, 1.807) is 42.5 Å². The van der Waals surface area contributed by atoms with Crippen LogP contribution < -0.4 is 9.62 Å². The summed E-state index contributed by atoms with van der Waals surface area (Å²) in [4.78, 5) is 29.1. The van der Waals surface area contributed by atoms with E-state index in [0.29, 0.717) is 15.2 Å². The number of benzene rings is 3. The third kappa shape index (κ3) is 9.08. The highest BCUT2D eigenvalue weighted by atomic mass is 79.9. The lowest BCUT2D eigenvalue weighted by molar-refractivity contribution is -0.140. The standard InChI is InChI=1S/C29H33BrClN3O4S/c1-4-21(2)32-29(36)27(17-22-10-6-5-7-11-22)33(19-23-12-8-14-25(31)16-23)28(35)20-34(39(3,37)38)26-15-9-13-24(30)18-26/h5-16,18,21,27H,4,17,19-20H2,1-3H3,(H,32,36)/t21-,27-/m0/s1. The largest absolute Gasteiger partial charge is 0.352 e. The maximum Gasteiger partial charge on any atom is 0.244 e. The number of hydrogen-bond acceptors (Lipinski definition) is 4. The molecule has 0 saturated heterocycles. The normalized spacial score (nSPS) is 12.8. The van der Waals surface area contributed by atoms with Gasteiger partial charge in [0.25, 0.3) is 0 Å². The van der Waals surface area contributed by atoms with Crippen molar-refractivity contribution < 1.29 is 18.0 Å². The number of amides is 2. The zero-order valence-corrected chi connectivity index (χ0v) is 25.3. The fourth-order valence-electron chi connectivity index (χ4n) is 4.07. The van der Waals surface area contributed by atoms with E-state index in [0.717, 1.165) is 28.1 Å². The molecule has 0 aliphatic carbocycles. The third-order valence-corrected chi connectivity index (χ3v) is 8.16. The van der Waals surface area contributed by atoms with Crippen LogP contribution in [0.25, 0.3) is 0 Å². The maximum atomic E-state index is 14.0. The Labute approximate surface area is 244 Å². The molecule has 0 aromatic heterocycles. The topological polar surface area (TPSA) is 86.8 Å². The smallest absolute Gasteiger partial charge is 0.244 e. The van der Waals surface area contributed by atoms with Crippen molar-refractivity contribution in [3.63, 3.8) is 0 Å². The predicted molar refractivity (Wildman–Crippen MR) is 160 cm³/mol. The molecule has 0 aliphatic heterocycles. The van der Waals surface area contributed by atoms with Crippen LogP contribution in [-0.2, 0) is 32.6 Å². The summed E-state index contributed by atoms with van der Waals surface area (Å²) < 4.78 is 27.4. The van der Waals surface area contributed by atoms with Gasteiger partial charge in [-0.25, -0.2) is 8.42 Å². The van der Waals surface area contributed by atoms with Crippen molar-refractivity contribution in [3.8, 4) is 0 Å². The van der Waals surface area contributed by atoms with Gasteiger partial charge in [-0.2, -0.15) is 0 Å². The van der Waals surface area contributed by atoms with Gasteiger partial charge in [-0.1, -0.05) is 83.0 Å². The van der Waals surface area contributed by atoms with Crippen molar-refractivity contribution in [1.29, 1.82) is 0 Å². The molecular formula is C29H33BrClN3O4S. The number of anilines is 1. The summed E-state index contributed by atoms with van der Waals surface area (Å²) in [5, 5.41) is 3.50. The zero-order valence-electron chi connectivity index (χ0n) is 22.2. The Morgan fingerprint density at radius 3 is 2.26 bits per heavy atom. The van der Waals surface area contributed by atoms with Crippen LogP contribution in [0.3, 0.4) is 0 Å². The van der Waals surface area contributed by atoms with Crippen LogP contribution in [0.2, 0.25) is 5.02 Å². The van der Waals surface area contributed by atoms with Crippen molar-refractivity contribution in [2.45, 2.75) is 45.3 Å². The highest BCUT2D eigenvalue weighted by Crippen LogP contribution is 2.24. The molecule has 0 bridgehead atoms. The van der Waals surface area contributed by atoms with E-state index in [9.17, 15) is 18.0 Å². The molecule has 2 amide bonds. The van der Waals surface area contributed by atoms with Gasteiger partial charge >= 0.3 is 0 Å². The number of sulfonamides is 1. The lowest BCUT2D eigenvalue weighted by Gasteiger charge is -2.34. The summed E-state index contributed by atoms with van der Waals surface area (Å²) in [5.74, 6) is -0.822. The van der Waals surface area contributed by atoms with Gasteiger partial charge in [0.1, 0.15) is 12.6 Å². The minimum Gasteiger partial charge on any atom is -0.352 e. The molecule has 39 heavy (non-hydrogen) atoms. The second-order valence-electron chi connectivity index (χ2n) is 9.42. The third-order valence-electron chi connectivity index (χ3n) is 6.29. The first-order chi connectivity index (χ1) is 18.5. The zero-order chi connectivity index (χ0) is 28.6. The Bertz CT molecular complexity index is 1390. The molecule has 3 rings (SSSR count). The second kappa shape index (κ2) is 14.0. The average Bonchev–Trinajstić information content (AvgIpc) is 2.89. The number of carbonyl (C=O) groups excluding carboxylic acids is 2. The number of halogens is 2. The number of rotatable bonds is 12. The summed E-state index contributed by atoms with van der Waals surface area (Å²) in [6.45, 7) is 3.46. The summed E-state index contributed by atoms with van der Waals surface area (Å²) in [6.07, 6.45) is 2.03. The lowest BCUT2D eigenvalue weighted by Crippen LogP contribution is -2.54. The molecule has 3 aromatic rings. The van der Waals surface area contributed by atoms with Gasteiger partial charge in [0, 0.05) is 28.5 Å². The minimum atomic E-state index is -3.83. The average molecular weight is 635 g/mol. The predicted octanol–water partition coefficient (Wildman–Crippen LogP) is 5.42. The molecule has 0 radical (unpaired) electrons. The number of nitrogens with zero attached hydrogens (tertiary/aromatic N) is 2. The van der Waals surface area contributed by atoms with E-state index in [1.165, 1.54) is 4.90 Å². The van der Waals surface area contributed by atoms with Crippen LogP contribution in [-0.4, -0.2) is 50.0 Å². The van der Waals surface area contributed by atoms with Gasteiger partial charge in [0.2, 0.25) is 21.8 Å². The lowest BCUT2D eigenvalue weighted by atomic mass is 10.0. The quantitative estimate of drug-likeness (QED) is 0.288. The first-order valence-corrected chi connectivity index (χ1v) is 15.6. The maximum absolute atomic E-state index is 14.0. The highest BCUT2D eigenvalue weighted by Gasteiger charge is 2.33. The summed E-state index contributed by atoms with van der Waals surface area (Å²) in [7, 11) is -3.83. The first kappa shape index (κ1) is 30.7. The van der Waals surface area contributed by atoms with Crippen LogP contribution in [0.15, 0.2) is 83.3 Å². The second-order valence-corrected chi connectivity index (χ2v) is 12.7. The molecule has 1 N–H and O–H groups in total. The van der Waals surface area contributed by atoms with Gasteiger partial charge < -0.3 is 10.2 Å². The Morgan fingerprint density at radius 2 is 1.64 bits per heavy atom. The van der Waals surface area contributed by atoms with E-state index >= 15 is 0 Å². The van der Waals surface area contributed by atoms with Crippen molar-refractivity contribution in [1.82, 2.24) is 10.2 Å². The molecule has 0 spiro atoms. The van der Waals surface area contributed by atoms with Crippen LogP contribution in [0.4, 0.5) is 5.69 Å². The fourth-order valence-corrected chi connectivity index (χ4v) is 5.51. The SMILES string of the molecule is CC[C@H](C)NC(=O)[C@H](Cc1ccccc1)N(Cc1cccc(Cl)c1)C(=O)CN(c1cccc(Br)c1)S(C)(=O)=O. The molecule has 3 aromatic carbocycles. The van der Waals surface area contributed by atoms with E-state index in [1.807, 2.05) is 50.2 Å². The molecule has 0 fully saturated rings. The highest BCUT2D eigenvalue weighted by molar-refractivity contribution is 9.10. The van der Waals surface area contributed by atoms with Gasteiger partial charge in [-0.05, 0) is 54.8 Å². The molecule has 0 heterocycles. The minimum absolute atomic E-state index is 0.0703. The van der Waals surface area contributed by atoms with Crippen molar-refractivity contribution in [3.05, 3.63) is 99.5 Å². The Morgan fingerprint density at radius 1 is 0.974 bits per heavy atom. The van der Waals surface area contributed by atoms with Gasteiger partial charge in [0.05, 0.1) is 11.9 Å².